The summed E-state index contributed by atoms with van der Waals surface area (Å²) >= 11 is 7.21. The smallest absolute Gasteiger partial charge is 0.264 e. The molecule has 1 saturated heterocycles. The molecule has 2 aromatic rings. The summed E-state index contributed by atoms with van der Waals surface area (Å²) in [7, 11) is 4.62. The van der Waals surface area contributed by atoms with Gasteiger partial charge in [-0.05, 0) is 53.7 Å². The maximum Gasteiger partial charge on any atom is 0.264 e. The number of carbonyl (C=O) groups is 1. The number of rotatable bonds is 5. The lowest BCUT2D eigenvalue weighted by Gasteiger charge is -2.12. The first-order chi connectivity index (χ1) is 13.0. The predicted molar refractivity (Wildman–Crippen MR) is 108 cm³/mol. The number of thioether (sulfide) groups is 1. The number of methoxy groups -OCH3 is 3. The van der Waals surface area contributed by atoms with E-state index in [1.54, 1.807) is 50.6 Å². The summed E-state index contributed by atoms with van der Waals surface area (Å²) in [4.78, 5) is 17.2. The Morgan fingerprint density at radius 3 is 2.37 bits per heavy atom. The Kier molecular flexibility index (Phi) is 5.93. The standard InChI is InChI=1S/C19H17ClN2O4S/c1-24-14-7-11(8-15(25-2)17(14)26-3)9-16-18(23)22-19(27-16)21-13-6-4-5-12(20)10-13/h4-10H,1-3H3,(H,21,22,23)/b16-9-. The van der Waals surface area contributed by atoms with Crippen molar-refractivity contribution in [2.75, 3.05) is 21.3 Å². The molecule has 1 aliphatic heterocycles. The van der Waals surface area contributed by atoms with Gasteiger partial charge in [-0.15, -0.1) is 0 Å². The second-order valence-electron chi connectivity index (χ2n) is 5.42. The van der Waals surface area contributed by atoms with Crippen molar-refractivity contribution in [1.29, 1.82) is 0 Å². The minimum absolute atomic E-state index is 0.227. The van der Waals surface area contributed by atoms with Gasteiger partial charge in [0, 0.05) is 5.02 Å². The zero-order valence-electron chi connectivity index (χ0n) is 14.9. The van der Waals surface area contributed by atoms with Crippen LogP contribution in [0.15, 0.2) is 46.3 Å². The van der Waals surface area contributed by atoms with E-state index in [9.17, 15) is 4.79 Å². The second kappa shape index (κ2) is 8.37. The fourth-order valence-corrected chi connectivity index (χ4v) is 3.51. The Morgan fingerprint density at radius 1 is 1.07 bits per heavy atom. The summed E-state index contributed by atoms with van der Waals surface area (Å²) in [5, 5.41) is 3.82. The monoisotopic (exact) mass is 404 g/mol. The number of carbonyl (C=O) groups excluding carboxylic acids is 1. The number of ether oxygens (including phenoxy) is 3. The zero-order valence-corrected chi connectivity index (χ0v) is 16.5. The first kappa shape index (κ1) is 19.1. The molecule has 1 amide bonds. The van der Waals surface area contributed by atoms with Crippen molar-refractivity contribution in [1.82, 2.24) is 5.32 Å². The molecule has 3 rings (SSSR count). The molecule has 0 aromatic heterocycles. The molecule has 1 fully saturated rings. The average molecular weight is 405 g/mol. The quantitative estimate of drug-likeness (QED) is 0.754. The summed E-state index contributed by atoms with van der Waals surface area (Å²) in [6.45, 7) is 0. The van der Waals surface area contributed by atoms with Gasteiger partial charge in [0.15, 0.2) is 16.7 Å². The van der Waals surface area contributed by atoms with Gasteiger partial charge in [0.1, 0.15) is 0 Å². The SMILES string of the molecule is COc1cc(/C=C2\SC(=Nc3cccc(Cl)c3)NC2=O)cc(OC)c1OC. The number of hydrogen-bond donors (Lipinski definition) is 1. The first-order valence-electron chi connectivity index (χ1n) is 7.89. The van der Waals surface area contributed by atoms with E-state index in [-0.39, 0.29) is 5.91 Å². The molecule has 0 radical (unpaired) electrons. The molecular weight excluding hydrogens is 388 g/mol. The van der Waals surface area contributed by atoms with Crippen LogP contribution in [0.3, 0.4) is 0 Å². The molecule has 27 heavy (non-hydrogen) atoms. The van der Waals surface area contributed by atoms with Gasteiger partial charge in [0.2, 0.25) is 5.75 Å². The molecule has 0 saturated carbocycles. The van der Waals surface area contributed by atoms with Gasteiger partial charge in [-0.25, -0.2) is 4.99 Å². The molecule has 8 heteroatoms. The highest BCUT2D eigenvalue weighted by atomic mass is 35.5. The zero-order chi connectivity index (χ0) is 19.4. The summed E-state index contributed by atoms with van der Waals surface area (Å²) in [5.74, 6) is 1.29. The fourth-order valence-electron chi connectivity index (χ4n) is 2.48. The van der Waals surface area contributed by atoms with Crippen LogP contribution in [0.1, 0.15) is 5.56 Å². The molecule has 0 unspecified atom stereocenters. The number of nitrogens with zero attached hydrogens (tertiary/aromatic N) is 1. The molecule has 0 bridgehead atoms. The van der Waals surface area contributed by atoms with Crippen LogP contribution in [-0.2, 0) is 4.79 Å². The van der Waals surface area contributed by atoms with Crippen LogP contribution >= 0.6 is 23.4 Å². The highest BCUT2D eigenvalue weighted by Gasteiger charge is 2.24. The predicted octanol–water partition coefficient (Wildman–Crippen LogP) is 4.26. The Bertz CT molecular complexity index is 918. The topological polar surface area (TPSA) is 69.2 Å². The highest BCUT2D eigenvalue weighted by molar-refractivity contribution is 8.18. The number of nitrogens with one attached hydrogen (secondary N) is 1. The number of amides is 1. The highest BCUT2D eigenvalue weighted by Crippen LogP contribution is 2.39. The molecule has 0 spiro atoms. The number of aliphatic imine (C=N–C) groups is 1. The number of hydrogen-bond acceptors (Lipinski definition) is 6. The Morgan fingerprint density at radius 2 is 1.78 bits per heavy atom. The lowest BCUT2D eigenvalue weighted by atomic mass is 10.1. The Labute approximate surface area is 166 Å². The third-order valence-corrected chi connectivity index (χ3v) is 4.82. The van der Waals surface area contributed by atoms with Gasteiger partial charge in [-0.1, -0.05) is 17.7 Å². The van der Waals surface area contributed by atoms with Gasteiger partial charge in [-0.2, -0.15) is 0 Å². The van der Waals surface area contributed by atoms with E-state index in [0.29, 0.717) is 38.0 Å². The van der Waals surface area contributed by atoms with Gasteiger partial charge in [0.25, 0.3) is 5.91 Å². The molecule has 2 aromatic carbocycles. The number of halogens is 1. The van der Waals surface area contributed by atoms with Crippen molar-refractivity contribution in [2.45, 2.75) is 0 Å². The molecule has 1 heterocycles. The minimum atomic E-state index is -0.227. The Hall–Kier alpha value is -2.64. The van der Waals surface area contributed by atoms with E-state index >= 15 is 0 Å². The van der Waals surface area contributed by atoms with Crippen LogP contribution in [0.5, 0.6) is 17.2 Å². The van der Waals surface area contributed by atoms with Crippen LogP contribution in [0.4, 0.5) is 5.69 Å². The van der Waals surface area contributed by atoms with E-state index in [1.807, 2.05) is 6.07 Å². The normalized spacial score (nSPS) is 16.5. The Balaban J connectivity index is 1.90. The molecule has 6 nitrogen and oxygen atoms in total. The van der Waals surface area contributed by atoms with E-state index < -0.39 is 0 Å². The van der Waals surface area contributed by atoms with Crippen LogP contribution in [0.25, 0.3) is 6.08 Å². The maximum atomic E-state index is 12.3. The number of amidine groups is 1. The van der Waals surface area contributed by atoms with Gasteiger partial charge in [0.05, 0.1) is 31.9 Å². The van der Waals surface area contributed by atoms with Crippen molar-refractivity contribution in [3.8, 4) is 17.2 Å². The van der Waals surface area contributed by atoms with Gasteiger partial charge < -0.3 is 19.5 Å². The maximum absolute atomic E-state index is 12.3. The summed E-state index contributed by atoms with van der Waals surface area (Å²) in [6.07, 6.45) is 1.74. The van der Waals surface area contributed by atoms with Crippen LogP contribution in [-0.4, -0.2) is 32.4 Å². The molecule has 140 valence electrons. The molecule has 1 aliphatic rings. The van der Waals surface area contributed by atoms with Crippen molar-refractivity contribution >= 4 is 46.2 Å². The molecule has 1 N–H and O–H groups in total. The van der Waals surface area contributed by atoms with E-state index in [2.05, 4.69) is 10.3 Å². The lowest BCUT2D eigenvalue weighted by Crippen LogP contribution is -2.19. The first-order valence-corrected chi connectivity index (χ1v) is 9.08. The van der Waals surface area contributed by atoms with E-state index in [0.717, 1.165) is 5.56 Å². The van der Waals surface area contributed by atoms with Gasteiger partial charge >= 0.3 is 0 Å². The lowest BCUT2D eigenvalue weighted by molar-refractivity contribution is -0.115. The summed E-state index contributed by atoms with van der Waals surface area (Å²) in [6, 6.07) is 10.6. The fraction of sp³-hybridized carbons (Fsp3) is 0.158. The van der Waals surface area contributed by atoms with Crippen molar-refractivity contribution in [2.24, 2.45) is 4.99 Å². The van der Waals surface area contributed by atoms with Crippen LogP contribution in [0, 0.1) is 0 Å². The van der Waals surface area contributed by atoms with Crippen molar-refractivity contribution < 1.29 is 19.0 Å². The van der Waals surface area contributed by atoms with Gasteiger partial charge in [-0.3, -0.25) is 4.79 Å². The third kappa shape index (κ3) is 4.37. The molecule has 0 atom stereocenters. The van der Waals surface area contributed by atoms with Crippen LogP contribution in [0.2, 0.25) is 5.02 Å². The van der Waals surface area contributed by atoms with Crippen molar-refractivity contribution in [3.05, 3.63) is 51.9 Å². The molecular formula is C19H17ClN2O4S. The molecule has 0 aliphatic carbocycles. The summed E-state index contributed by atoms with van der Waals surface area (Å²) < 4.78 is 16.0. The van der Waals surface area contributed by atoms with Crippen molar-refractivity contribution in [3.63, 3.8) is 0 Å². The number of benzene rings is 2. The second-order valence-corrected chi connectivity index (χ2v) is 6.89. The third-order valence-electron chi connectivity index (χ3n) is 3.67. The van der Waals surface area contributed by atoms with E-state index in [4.69, 9.17) is 25.8 Å². The largest absolute Gasteiger partial charge is 0.493 e. The van der Waals surface area contributed by atoms with E-state index in [1.165, 1.54) is 18.9 Å². The average Bonchev–Trinajstić information content (AvgIpc) is 2.99. The minimum Gasteiger partial charge on any atom is -0.493 e. The van der Waals surface area contributed by atoms with Crippen LogP contribution < -0.4 is 19.5 Å². The summed E-state index contributed by atoms with van der Waals surface area (Å²) in [5.41, 5.74) is 1.41.